The van der Waals surface area contributed by atoms with Crippen molar-refractivity contribution in [2.24, 2.45) is 0 Å². The summed E-state index contributed by atoms with van der Waals surface area (Å²) in [5.41, 5.74) is 1.03. The summed E-state index contributed by atoms with van der Waals surface area (Å²) >= 11 is 3.35. The number of ether oxygens (including phenoxy) is 3. The monoisotopic (exact) mass is 351 g/mol. The van der Waals surface area contributed by atoms with Gasteiger partial charge in [-0.25, -0.2) is 4.79 Å². The van der Waals surface area contributed by atoms with Crippen molar-refractivity contribution in [1.29, 1.82) is 0 Å². The minimum Gasteiger partial charge on any atom is -0.495 e. The molecule has 110 valence electrons. The minimum absolute atomic E-state index is 0.111. The maximum atomic E-state index is 12.1. The van der Waals surface area contributed by atoms with E-state index in [2.05, 4.69) is 20.9 Å². The van der Waals surface area contributed by atoms with Crippen LogP contribution in [0.2, 0.25) is 0 Å². The molecule has 5 nitrogen and oxygen atoms in total. The molecule has 0 unspecified atom stereocenters. The smallest absolute Gasteiger partial charge is 0.338 e. The Kier molecular flexibility index (Phi) is 5.16. The zero-order chi connectivity index (χ0) is 15.2. The third-order valence-electron chi connectivity index (χ3n) is 2.76. The van der Waals surface area contributed by atoms with Crippen LogP contribution in [0, 0.1) is 0 Å². The number of aromatic nitrogens is 1. The van der Waals surface area contributed by atoms with E-state index in [1.165, 1.54) is 14.2 Å². The lowest BCUT2D eigenvalue weighted by molar-refractivity contribution is 0.0467. The fourth-order valence-electron chi connectivity index (χ4n) is 1.69. The van der Waals surface area contributed by atoms with Gasteiger partial charge in [0, 0.05) is 6.20 Å². The molecule has 0 aliphatic rings. The molecule has 6 heteroatoms. The van der Waals surface area contributed by atoms with Crippen molar-refractivity contribution in [1.82, 2.24) is 4.98 Å². The molecular formula is C15H14BrNO4. The van der Waals surface area contributed by atoms with Crippen LogP contribution in [0.3, 0.4) is 0 Å². The number of pyridine rings is 1. The van der Waals surface area contributed by atoms with Crippen molar-refractivity contribution in [2.75, 3.05) is 14.2 Å². The van der Waals surface area contributed by atoms with Gasteiger partial charge >= 0.3 is 5.97 Å². The van der Waals surface area contributed by atoms with Crippen molar-refractivity contribution in [3.05, 3.63) is 52.3 Å². The van der Waals surface area contributed by atoms with E-state index in [0.29, 0.717) is 27.2 Å². The second kappa shape index (κ2) is 7.08. The molecule has 0 atom stereocenters. The number of nitrogens with zero attached hydrogens (tertiary/aromatic N) is 1. The Labute approximate surface area is 131 Å². The summed E-state index contributed by atoms with van der Waals surface area (Å²) < 4.78 is 16.3. The Morgan fingerprint density at radius 1 is 1.19 bits per heavy atom. The van der Waals surface area contributed by atoms with E-state index in [-0.39, 0.29) is 6.61 Å². The molecule has 0 radical (unpaired) electrons. The number of carbonyl (C=O) groups is 1. The van der Waals surface area contributed by atoms with Gasteiger partial charge in [0.05, 0.1) is 25.5 Å². The number of halogens is 1. The molecular weight excluding hydrogens is 338 g/mol. The van der Waals surface area contributed by atoms with Crippen LogP contribution in [-0.2, 0) is 11.3 Å². The van der Waals surface area contributed by atoms with Gasteiger partial charge in [0.1, 0.15) is 22.6 Å². The summed E-state index contributed by atoms with van der Waals surface area (Å²) in [4.78, 5) is 16.2. The van der Waals surface area contributed by atoms with Crippen molar-refractivity contribution in [3.8, 4) is 11.5 Å². The van der Waals surface area contributed by atoms with E-state index in [9.17, 15) is 4.79 Å². The molecule has 0 N–H and O–H groups in total. The van der Waals surface area contributed by atoms with Crippen LogP contribution in [0.5, 0.6) is 11.5 Å². The molecule has 0 saturated heterocycles. The van der Waals surface area contributed by atoms with Crippen molar-refractivity contribution in [2.45, 2.75) is 6.61 Å². The number of hydrogen-bond acceptors (Lipinski definition) is 5. The zero-order valence-corrected chi connectivity index (χ0v) is 13.2. The number of rotatable bonds is 5. The van der Waals surface area contributed by atoms with Gasteiger partial charge in [-0.15, -0.1) is 0 Å². The fraction of sp³-hybridized carbons (Fsp3) is 0.200. The normalized spacial score (nSPS) is 10.0. The van der Waals surface area contributed by atoms with Crippen LogP contribution in [-0.4, -0.2) is 25.2 Å². The van der Waals surface area contributed by atoms with E-state index in [0.717, 1.165) is 0 Å². The highest BCUT2D eigenvalue weighted by Crippen LogP contribution is 2.35. The molecule has 21 heavy (non-hydrogen) atoms. The molecule has 0 bridgehead atoms. The molecule has 1 aromatic carbocycles. The third-order valence-corrected chi connectivity index (χ3v) is 3.54. The first-order valence-corrected chi connectivity index (χ1v) is 6.93. The summed E-state index contributed by atoms with van der Waals surface area (Å²) in [7, 11) is 3.03. The maximum absolute atomic E-state index is 12.1. The Balaban J connectivity index is 2.15. The van der Waals surface area contributed by atoms with Gasteiger partial charge in [-0.3, -0.25) is 4.98 Å². The molecule has 0 amide bonds. The second-order valence-electron chi connectivity index (χ2n) is 4.09. The highest BCUT2D eigenvalue weighted by molar-refractivity contribution is 9.10. The molecule has 0 spiro atoms. The van der Waals surface area contributed by atoms with Crippen LogP contribution in [0.15, 0.2) is 41.0 Å². The highest BCUT2D eigenvalue weighted by Gasteiger charge is 2.15. The predicted octanol–water partition coefficient (Wildman–Crippen LogP) is 3.22. The van der Waals surface area contributed by atoms with Gasteiger partial charge in [0.15, 0.2) is 0 Å². The molecule has 0 saturated carbocycles. The molecule has 1 aromatic heterocycles. The van der Waals surface area contributed by atoms with E-state index >= 15 is 0 Å². The van der Waals surface area contributed by atoms with Crippen LogP contribution in [0.1, 0.15) is 16.1 Å². The Morgan fingerprint density at radius 2 is 1.86 bits per heavy atom. The second-order valence-corrected chi connectivity index (χ2v) is 4.88. The van der Waals surface area contributed by atoms with Crippen LogP contribution >= 0.6 is 15.9 Å². The molecule has 0 aliphatic heterocycles. The van der Waals surface area contributed by atoms with Crippen LogP contribution in [0.4, 0.5) is 0 Å². The summed E-state index contributed by atoms with van der Waals surface area (Å²) in [6, 6.07) is 8.61. The summed E-state index contributed by atoms with van der Waals surface area (Å²) in [5.74, 6) is 0.531. The lowest BCUT2D eigenvalue weighted by atomic mass is 10.2. The molecule has 0 aliphatic carbocycles. The summed E-state index contributed by atoms with van der Waals surface area (Å²) in [6.45, 7) is 0.111. The van der Waals surface area contributed by atoms with Gasteiger partial charge in [-0.05, 0) is 40.2 Å². The molecule has 1 heterocycles. The maximum Gasteiger partial charge on any atom is 0.338 e. The van der Waals surface area contributed by atoms with Crippen LogP contribution in [0.25, 0.3) is 0 Å². The van der Waals surface area contributed by atoms with Gasteiger partial charge in [-0.2, -0.15) is 0 Å². The summed E-state index contributed by atoms with van der Waals surface area (Å²) in [6.07, 6.45) is 1.65. The quantitative estimate of drug-likeness (QED) is 0.774. The number of carbonyl (C=O) groups excluding carboxylic acids is 1. The first-order valence-electron chi connectivity index (χ1n) is 6.14. The standard InChI is InChI=1S/C15H14BrNO4/c1-19-12-7-10(8-13(20-2)14(12)16)15(18)21-9-11-5-3-4-6-17-11/h3-8H,9H2,1-2H3. The van der Waals surface area contributed by atoms with E-state index in [4.69, 9.17) is 14.2 Å². The van der Waals surface area contributed by atoms with Crippen LogP contribution < -0.4 is 9.47 Å². The average molecular weight is 352 g/mol. The Hall–Kier alpha value is -2.08. The average Bonchev–Trinajstić information content (AvgIpc) is 2.53. The van der Waals surface area contributed by atoms with E-state index in [1.807, 2.05) is 6.07 Å². The van der Waals surface area contributed by atoms with Gasteiger partial charge in [0.2, 0.25) is 0 Å². The van der Waals surface area contributed by atoms with Crippen molar-refractivity contribution >= 4 is 21.9 Å². The topological polar surface area (TPSA) is 57.7 Å². The number of hydrogen-bond donors (Lipinski definition) is 0. The van der Waals surface area contributed by atoms with Crippen molar-refractivity contribution < 1.29 is 19.0 Å². The molecule has 2 rings (SSSR count). The number of methoxy groups -OCH3 is 2. The zero-order valence-electron chi connectivity index (χ0n) is 11.6. The van der Waals surface area contributed by atoms with E-state index in [1.54, 1.807) is 30.5 Å². The fourth-order valence-corrected chi connectivity index (χ4v) is 2.25. The largest absolute Gasteiger partial charge is 0.495 e. The highest BCUT2D eigenvalue weighted by atomic mass is 79.9. The summed E-state index contributed by atoms with van der Waals surface area (Å²) in [5, 5.41) is 0. The first-order chi connectivity index (χ1) is 10.2. The SMILES string of the molecule is COc1cc(C(=O)OCc2ccccn2)cc(OC)c1Br. The third kappa shape index (κ3) is 3.72. The van der Waals surface area contributed by atoms with Gasteiger partial charge < -0.3 is 14.2 Å². The molecule has 0 fully saturated rings. The van der Waals surface area contributed by atoms with E-state index < -0.39 is 5.97 Å². The van der Waals surface area contributed by atoms with Crippen molar-refractivity contribution in [3.63, 3.8) is 0 Å². The number of benzene rings is 1. The Bertz CT molecular complexity index is 606. The number of esters is 1. The minimum atomic E-state index is -0.468. The van der Waals surface area contributed by atoms with Gasteiger partial charge in [-0.1, -0.05) is 6.07 Å². The lowest BCUT2D eigenvalue weighted by Gasteiger charge is -2.11. The first kappa shape index (κ1) is 15.3. The lowest BCUT2D eigenvalue weighted by Crippen LogP contribution is -2.07. The Morgan fingerprint density at radius 3 is 2.38 bits per heavy atom. The molecule has 2 aromatic rings. The van der Waals surface area contributed by atoms with Gasteiger partial charge in [0.25, 0.3) is 0 Å². The predicted molar refractivity (Wildman–Crippen MR) is 80.6 cm³/mol.